The molecule has 0 radical (unpaired) electrons. The first-order valence-electron chi connectivity index (χ1n) is 6.96. The van der Waals surface area contributed by atoms with Crippen LogP contribution in [0, 0.1) is 5.92 Å². The van der Waals surface area contributed by atoms with Crippen LogP contribution in [0.1, 0.15) is 32.1 Å². The Morgan fingerprint density at radius 2 is 1.95 bits per heavy atom. The lowest BCUT2D eigenvalue weighted by molar-refractivity contribution is 0.235. The van der Waals surface area contributed by atoms with E-state index >= 15 is 0 Å². The monoisotopic (exact) mass is 286 g/mol. The topological polar surface area (TPSA) is 75.3 Å². The molecule has 0 spiro atoms. The van der Waals surface area contributed by atoms with Gasteiger partial charge in [-0.3, -0.25) is 0 Å². The second-order valence-corrected chi connectivity index (χ2v) is 7.72. The van der Waals surface area contributed by atoms with E-state index < -0.39 is 9.84 Å². The highest BCUT2D eigenvalue weighted by molar-refractivity contribution is 7.91. The largest absolute Gasteiger partial charge is 0.338 e. The fourth-order valence-corrected chi connectivity index (χ4v) is 4.12. The van der Waals surface area contributed by atoms with Gasteiger partial charge in [-0.05, 0) is 38.0 Å². The lowest BCUT2D eigenvalue weighted by Crippen LogP contribution is -2.44. The normalized spacial score (nSPS) is 26.8. The summed E-state index contributed by atoms with van der Waals surface area (Å²) in [6.45, 7) is 0.567. The summed E-state index contributed by atoms with van der Waals surface area (Å²) >= 11 is 0. The molecule has 1 fully saturated rings. The van der Waals surface area contributed by atoms with E-state index in [1.807, 2.05) is 6.08 Å². The van der Waals surface area contributed by atoms with Gasteiger partial charge in [0.05, 0.1) is 11.5 Å². The molecule has 1 saturated heterocycles. The molecule has 5 nitrogen and oxygen atoms in total. The van der Waals surface area contributed by atoms with Crippen molar-refractivity contribution in [3.8, 4) is 0 Å². The summed E-state index contributed by atoms with van der Waals surface area (Å²) in [5, 5.41) is 5.77. The van der Waals surface area contributed by atoms with Crippen LogP contribution < -0.4 is 10.6 Å². The molecule has 2 aliphatic rings. The van der Waals surface area contributed by atoms with Gasteiger partial charge in [-0.15, -0.1) is 0 Å². The SMILES string of the molecule is O=C(NCC1CCS(=O)(=O)CC1)N[C@H]1C=CCCC1. The third-order valence-corrected chi connectivity index (χ3v) is 5.51. The van der Waals surface area contributed by atoms with Crippen LogP contribution in [0.15, 0.2) is 12.2 Å². The zero-order chi connectivity index (χ0) is 13.7. The van der Waals surface area contributed by atoms with Gasteiger partial charge >= 0.3 is 6.03 Å². The molecule has 0 bridgehead atoms. The number of hydrogen-bond donors (Lipinski definition) is 2. The Kier molecular flexibility index (Phi) is 4.85. The molecule has 2 N–H and O–H groups in total. The molecule has 1 aliphatic carbocycles. The molecule has 2 rings (SSSR count). The Labute approximate surface area is 114 Å². The summed E-state index contributed by atoms with van der Waals surface area (Å²) in [5.74, 6) is 0.801. The summed E-state index contributed by atoms with van der Waals surface area (Å²) in [6.07, 6.45) is 8.65. The summed E-state index contributed by atoms with van der Waals surface area (Å²) in [7, 11) is -2.81. The van der Waals surface area contributed by atoms with Crippen molar-refractivity contribution >= 4 is 15.9 Å². The molecule has 0 saturated carbocycles. The van der Waals surface area contributed by atoms with Crippen LogP contribution in [0.4, 0.5) is 4.79 Å². The Bertz CT molecular complexity index is 431. The molecule has 6 heteroatoms. The first-order chi connectivity index (χ1) is 9.05. The lowest BCUT2D eigenvalue weighted by Gasteiger charge is -2.23. The fraction of sp³-hybridized carbons (Fsp3) is 0.769. The van der Waals surface area contributed by atoms with Gasteiger partial charge in [0.2, 0.25) is 0 Å². The van der Waals surface area contributed by atoms with Crippen LogP contribution in [-0.2, 0) is 9.84 Å². The number of urea groups is 1. The van der Waals surface area contributed by atoms with E-state index in [2.05, 4.69) is 16.7 Å². The number of carbonyl (C=O) groups is 1. The van der Waals surface area contributed by atoms with Crippen molar-refractivity contribution in [3.05, 3.63) is 12.2 Å². The van der Waals surface area contributed by atoms with Gasteiger partial charge in [0.15, 0.2) is 0 Å². The molecule has 19 heavy (non-hydrogen) atoms. The van der Waals surface area contributed by atoms with E-state index in [4.69, 9.17) is 0 Å². The average molecular weight is 286 g/mol. The number of amides is 2. The van der Waals surface area contributed by atoms with Gasteiger partial charge in [-0.2, -0.15) is 0 Å². The van der Waals surface area contributed by atoms with E-state index in [0.717, 1.165) is 19.3 Å². The Morgan fingerprint density at radius 1 is 1.21 bits per heavy atom. The van der Waals surface area contributed by atoms with Crippen molar-refractivity contribution in [2.45, 2.75) is 38.1 Å². The Balaban J connectivity index is 1.66. The smallest absolute Gasteiger partial charge is 0.315 e. The molecular formula is C13H22N2O3S. The van der Waals surface area contributed by atoms with Crippen molar-refractivity contribution in [1.82, 2.24) is 10.6 Å². The highest BCUT2D eigenvalue weighted by Crippen LogP contribution is 2.17. The van der Waals surface area contributed by atoms with Gasteiger partial charge < -0.3 is 10.6 Å². The van der Waals surface area contributed by atoms with Crippen LogP contribution in [0.3, 0.4) is 0 Å². The minimum absolute atomic E-state index is 0.139. The van der Waals surface area contributed by atoms with Crippen molar-refractivity contribution in [2.75, 3.05) is 18.1 Å². The van der Waals surface area contributed by atoms with Gasteiger partial charge in [0.25, 0.3) is 0 Å². The predicted molar refractivity (Wildman–Crippen MR) is 74.7 cm³/mol. The maximum Gasteiger partial charge on any atom is 0.315 e. The summed E-state index contributed by atoms with van der Waals surface area (Å²) in [5.41, 5.74) is 0. The van der Waals surface area contributed by atoms with Gasteiger partial charge in [-0.1, -0.05) is 12.2 Å². The molecule has 0 aromatic rings. The van der Waals surface area contributed by atoms with Crippen LogP contribution in [0.5, 0.6) is 0 Å². The third kappa shape index (κ3) is 4.86. The van der Waals surface area contributed by atoms with E-state index in [9.17, 15) is 13.2 Å². The van der Waals surface area contributed by atoms with Crippen molar-refractivity contribution < 1.29 is 13.2 Å². The molecule has 0 aromatic carbocycles. The van der Waals surface area contributed by atoms with Gasteiger partial charge in [0, 0.05) is 12.6 Å². The molecule has 108 valence electrons. The maximum absolute atomic E-state index is 11.7. The molecule has 2 amide bonds. The van der Waals surface area contributed by atoms with Crippen LogP contribution in [0.25, 0.3) is 0 Å². The first kappa shape index (κ1) is 14.4. The number of nitrogens with one attached hydrogen (secondary N) is 2. The van der Waals surface area contributed by atoms with Crippen molar-refractivity contribution in [2.24, 2.45) is 5.92 Å². The zero-order valence-corrected chi connectivity index (χ0v) is 11.9. The number of hydrogen-bond acceptors (Lipinski definition) is 3. The number of carbonyl (C=O) groups excluding carboxylic acids is 1. The van der Waals surface area contributed by atoms with E-state index in [1.54, 1.807) is 0 Å². The second kappa shape index (κ2) is 6.41. The number of rotatable bonds is 3. The van der Waals surface area contributed by atoms with E-state index in [1.165, 1.54) is 0 Å². The highest BCUT2D eigenvalue weighted by Gasteiger charge is 2.23. The first-order valence-corrected chi connectivity index (χ1v) is 8.79. The van der Waals surface area contributed by atoms with E-state index in [0.29, 0.717) is 19.4 Å². The van der Waals surface area contributed by atoms with Crippen molar-refractivity contribution in [3.63, 3.8) is 0 Å². The quantitative estimate of drug-likeness (QED) is 0.766. The summed E-state index contributed by atoms with van der Waals surface area (Å²) in [4.78, 5) is 11.7. The Morgan fingerprint density at radius 3 is 2.58 bits per heavy atom. The Hall–Kier alpha value is -1.04. The highest BCUT2D eigenvalue weighted by atomic mass is 32.2. The minimum Gasteiger partial charge on any atom is -0.338 e. The maximum atomic E-state index is 11.7. The molecule has 0 aromatic heterocycles. The van der Waals surface area contributed by atoms with Gasteiger partial charge in [0.1, 0.15) is 9.84 Å². The molecule has 1 aliphatic heterocycles. The number of sulfone groups is 1. The average Bonchev–Trinajstić information content (AvgIpc) is 2.39. The molecular weight excluding hydrogens is 264 g/mol. The number of allylic oxidation sites excluding steroid dienone is 1. The molecule has 0 unspecified atom stereocenters. The predicted octanol–water partition coefficient (Wildman–Crippen LogP) is 1.22. The summed E-state index contributed by atoms with van der Waals surface area (Å²) < 4.78 is 22.6. The van der Waals surface area contributed by atoms with Crippen molar-refractivity contribution in [1.29, 1.82) is 0 Å². The van der Waals surface area contributed by atoms with E-state index in [-0.39, 0.29) is 29.5 Å². The van der Waals surface area contributed by atoms with Crippen LogP contribution in [-0.4, -0.2) is 38.5 Å². The summed E-state index contributed by atoms with van der Waals surface area (Å²) in [6, 6.07) is -0.00883. The molecule has 1 heterocycles. The van der Waals surface area contributed by atoms with Crippen LogP contribution in [0.2, 0.25) is 0 Å². The standard InChI is InChI=1S/C13H22N2O3S/c16-13(15-12-4-2-1-3-5-12)14-10-11-6-8-19(17,18)9-7-11/h2,4,11-12H,1,3,5-10H2,(H2,14,15,16)/t12-/m0/s1. The minimum atomic E-state index is -2.81. The second-order valence-electron chi connectivity index (χ2n) is 5.42. The molecule has 1 atom stereocenters. The van der Waals surface area contributed by atoms with Gasteiger partial charge in [-0.25, -0.2) is 13.2 Å². The zero-order valence-electron chi connectivity index (χ0n) is 11.1. The van der Waals surface area contributed by atoms with Crippen LogP contribution >= 0.6 is 0 Å². The fourth-order valence-electron chi connectivity index (χ4n) is 2.53. The lowest BCUT2D eigenvalue weighted by atomic mass is 10.0. The third-order valence-electron chi connectivity index (χ3n) is 3.80.